The Labute approximate surface area is 214 Å². The molecule has 0 spiro atoms. The molecule has 1 saturated heterocycles. The summed E-state index contributed by atoms with van der Waals surface area (Å²) in [6.07, 6.45) is -0.464. The molecule has 2 heterocycles. The molecule has 8 heteroatoms. The van der Waals surface area contributed by atoms with E-state index in [1.54, 1.807) is 7.11 Å². The molecule has 1 atom stereocenters. The fraction of sp³-hybridized carbons (Fsp3) is 0.464. The maximum absolute atomic E-state index is 10.9. The van der Waals surface area contributed by atoms with Gasteiger partial charge in [0, 0.05) is 38.8 Å². The predicted octanol–water partition coefficient (Wildman–Crippen LogP) is 3.89. The fourth-order valence-corrected chi connectivity index (χ4v) is 4.45. The Hall–Kier alpha value is -2.91. The number of aliphatic hydroxyl groups is 1. The molecular formula is C28H38N4O4. The van der Waals surface area contributed by atoms with Crippen molar-refractivity contribution in [2.24, 2.45) is 0 Å². The molecule has 0 saturated carbocycles. The number of hydrogen-bond donors (Lipinski definition) is 1. The quantitative estimate of drug-likeness (QED) is 0.434. The van der Waals surface area contributed by atoms with Crippen LogP contribution in [-0.4, -0.2) is 83.3 Å². The Morgan fingerprint density at radius 1 is 1.03 bits per heavy atom. The van der Waals surface area contributed by atoms with Crippen LogP contribution in [0.5, 0.6) is 17.4 Å². The Balaban J connectivity index is 1.62. The van der Waals surface area contributed by atoms with Gasteiger partial charge in [0.25, 0.3) is 0 Å². The molecule has 1 aliphatic rings. The number of hydrogen-bond acceptors (Lipinski definition) is 7. The third-order valence-corrected chi connectivity index (χ3v) is 6.52. The lowest BCUT2D eigenvalue weighted by Gasteiger charge is -2.33. The van der Waals surface area contributed by atoms with Crippen molar-refractivity contribution in [1.82, 2.24) is 19.6 Å². The van der Waals surface area contributed by atoms with E-state index >= 15 is 0 Å². The van der Waals surface area contributed by atoms with E-state index in [0.29, 0.717) is 37.0 Å². The van der Waals surface area contributed by atoms with Crippen LogP contribution in [-0.2, 0) is 11.3 Å². The maximum Gasteiger partial charge on any atom is 0.227 e. The summed E-state index contributed by atoms with van der Waals surface area (Å²) in [4.78, 5) is 4.54. The minimum absolute atomic E-state index is 0.225. The third kappa shape index (κ3) is 6.44. The summed E-state index contributed by atoms with van der Waals surface area (Å²) >= 11 is 0. The molecule has 4 rings (SSSR count). The van der Waals surface area contributed by atoms with Crippen molar-refractivity contribution in [3.05, 3.63) is 65.9 Å². The lowest BCUT2D eigenvalue weighted by molar-refractivity contribution is 0.00337. The summed E-state index contributed by atoms with van der Waals surface area (Å²) in [6.45, 7) is 11.3. The van der Waals surface area contributed by atoms with Crippen LogP contribution in [0.25, 0.3) is 5.69 Å². The second kappa shape index (κ2) is 12.4. The van der Waals surface area contributed by atoms with Crippen molar-refractivity contribution in [3.8, 4) is 23.1 Å². The highest BCUT2D eigenvalue weighted by Crippen LogP contribution is 2.36. The topological polar surface area (TPSA) is 72.2 Å². The number of aliphatic hydroxyl groups excluding tert-OH is 1. The zero-order valence-electron chi connectivity index (χ0n) is 21.8. The standard InChI is InChI=1S/C28H38N4O4/c1-21(2)31(19-24(33)18-30-14-16-35-17-15-30)20-25-22(3)29-32(23-10-6-5-7-11-23)28(25)36-27-13-9-8-12-26(27)34-4/h5-13,21,24,33H,14-20H2,1-4H3. The van der Waals surface area contributed by atoms with Crippen molar-refractivity contribution in [1.29, 1.82) is 0 Å². The molecule has 1 fully saturated rings. The number of benzene rings is 2. The van der Waals surface area contributed by atoms with Gasteiger partial charge in [-0.05, 0) is 45.0 Å². The van der Waals surface area contributed by atoms with Crippen LogP contribution in [0, 0.1) is 6.92 Å². The molecule has 0 bridgehead atoms. The van der Waals surface area contributed by atoms with Gasteiger partial charge in [0.1, 0.15) is 0 Å². The second-order valence-corrected chi connectivity index (χ2v) is 9.46. The van der Waals surface area contributed by atoms with Crippen molar-refractivity contribution in [2.75, 3.05) is 46.5 Å². The van der Waals surface area contributed by atoms with E-state index in [-0.39, 0.29) is 6.04 Å². The van der Waals surface area contributed by atoms with E-state index in [9.17, 15) is 5.11 Å². The zero-order chi connectivity index (χ0) is 25.5. The molecule has 8 nitrogen and oxygen atoms in total. The second-order valence-electron chi connectivity index (χ2n) is 9.46. The normalized spacial score (nSPS) is 15.4. The van der Waals surface area contributed by atoms with Gasteiger partial charge < -0.3 is 19.3 Å². The SMILES string of the molecule is COc1ccccc1Oc1c(CN(CC(O)CN2CCOCC2)C(C)C)c(C)nn1-c1ccccc1. The molecule has 1 aromatic heterocycles. The molecule has 3 aromatic rings. The minimum atomic E-state index is -0.464. The van der Waals surface area contributed by atoms with E-state index in [4.69, 9.17) is 19.3 Å². The Morgan fingerprint density at radius 3 is 2.36 bits per heavy atom. The molecule has 36 heavy (non-hydrogen) atoms. The maximum atomic E-state index is 10.9. The number of morpholine rings is 1. The molecule has 1 unspecified atom stereocenters. The number of rotatable bonds is 11. The lowest BCUT2D eigenvalue weighted by atomic mass is 10.1. The molecular weight excluding hydrogens is 456 g/mol. The number of aryl methyl sites for hydroxylation is 1. The number of para-hydroxylation sites is 3. The first-order valence-corrected chi connectivity index (χ1v) is 12.6. The van der Waals surface area contributed by atoms with Crippen molar-refractivity contribution < 1.29 is 19.3 Å². The summed E-state index contributed by atoms with van der Waals surface area (Å²) in [5.41, 5.74) is 2.79. The number of nitrogens with zero attached hydrogens (tertiary/aromatic N) is 4. The van der Waals surface area contributed by atoms with Crippen molar-refractivity contribution >= 4 is 0 Å². The first-order valence-electron chi connectivity index (χ1n) is 12.6. The average Bonchev–Trinajstić information content (AvgIpc) is 3.19. The average molecular weight is 495 g/mol. The smallest absolute Gasteiger partial charge is 0.227 e. The molecule has 194 valence electrons. The molecule has 0 amide bonds. The van der Waals surface area contributed by atoms with Crippen molar-refractivity contribution in [3.63, 3.8) is 0 Å². The third-order valence-electron chi connectivity index (χ3n) is 6.52. The van der Waals surface area contributed by atoms with E-state index < -0.39 is 6.10 Å². The van der Waals surface area contributed by atoms with Gasteiger partial charge in [-0.15, -0.1) is 0 Å². The fourth-order valence-electron chi connectivity index (χ4n) is 4.45. The highest BCUT2D eigenvalue weighted by atomic mass is 16.5. The van der Waals surface area contributed by atoms with E-state index in [1.165, 1.54) is 0 Å². The van der Waals surface area contributed by atoms with Gasteiger partial charge in [-0.3, -0.25) is 9.80 Å². The summed E-state index contributed by atoms with van der Waals surface area (Å²) in [5, 5.41) is 15.8. The zero-order valence-corrected chi connectivity index (χ0v) is 21.8. The van der Waals surface area contributed by atoms with E-state index in [2.05, 4.69) is 23.6 Å². The van der Waals surface area contributed by atoms with Gasteiger partial charge in [0.05, 0.1) is 43.4 Å². The van der Waals surface area contributed by atoms with Crippen LogP contribution in [0.1, 0.15) is 25.1 Å². The highest BCUT2D eigenvalue weighted by Gasteiger charge is 2.25. The largest absolute Gasteiger partial charge is 0.493 e. The summed E-state index contributed by atoms with van der Waals surface area (Å²) in [6, 6.07) is 17.8. The number of aromatic nitrogens is 2. The lowest BCUT2D eigenvalue weighted by Crippen LogP contribution is -2.45. The van der Waals surface area contributed by atoms with Crippen LogP contribution in [0.4, 0.5) is 0 Å². The van der Waals surface area contributed by atoms with Gasteiger partial charge in [-0.2, -0.15) is 5.10 Å². The molecule has 0 aliphatic carbocycles. The van der Waals surface area contributed by atoms with Gasteiger partial charge >= 0.3 is 0 Å². The molecule has 0 radical (unpaired) electrons. The molecule has 1 aliphatic heterocycles. The molecule has 2 aromatic carbocycles. The van der Waals surface area contributed by atoms with Crippen molar-refractivity contribution in [2.45, 2.75) is 39.5 Å². The van der Waals surface area contributed by atoms with Gasteiger partial charge in [-0.25, -0.2) is 4.68 Å². The van der Waals surface area contributed by atoms with Crippen LogP contribution < -0.4 is 9.47 Å². The van der Waals surface area contributed by atoms with Gasteiger partial charge in [-0.1, -0.05) is 30.3 Å². The van der Waals surface area contributed by atoms with Crippen LogP contribution in [0.15, 0.2) is 54.6 Å². The number of β-amino-alcohol motifs (C(OH)–C–C–N with tert-alkyl or cyclic N) is 1. The Kier molecular flexibility index (Phi) is 8.98. The van der Waals surface area contributed by atoms with E-state index in [1.807, 2.05) is 66.2 Å². The Morgan fingerprint density at radius 2 is 1.69 bits per heavy atom. The molecule has 1 N–H and O–H groups in total. The summed E-state index contributed by atoms with van der Waals surface area (Å²) in [5.74, 6) is 1.93. The van der Waals surface area contributed by atoms with Gasteiger partial charge in [0.2, 0.25) is 5.88 Å². The number of ether oxygens (including phenoxy) is 3. The Bertz CT molecular complexity index is 1100. The highest BCUT2D eigenvalue weighted by molar-refractivity contribution is 5.47. The first-order chi connectivity index (χ1) is 17.5. The summed E-state index contributed by atoms with van der Waals surface area (Å²) in [7, 11) is 1.64. The monoisotopic (exact) mass is 494 g/mol. The van der Waals surface area contributed by atoms with Gasteiger partial charge in [0.15, 0.2) is 11.5 Å². The minimum Gasteiger partial charge on any atom is -0.493 e. The first kappa shape index (κ1) is 26.2. The van der Waals surface area contributed by atoms with Crippen LogP contribution in [0.2, 0.25) is 0 Å². The van der Waals surface area contributed by atoms with Crippen LogP contribution >= 0.6 is 0 Å². The number of methoxy groups -OCH3 is 1. The van der Waals surface area contributed by atoms with E-state index in [0.717, 1.165) is 43.2 Å². The van der Waals surface area contributed by atoms with Crippen LogP contribution in [0.3, 0.4) is 0 Å². The predicted molar refractivity (Wildman–Crippen MR) is 140 cm³/mol. The summed E-state index contributed by atoms with van der Waals surface area (Å²) < 4.78 is 19.3.